The summed E-state index contributed by atoms with van der Waals surface area (Å²) in [5.41, 5.74) is 3.81. The van der Waals surface area contributed by atoms with Crippen LogP contribution in [-0.4, -0.2) is 60.7 Å². The fourth-order valence-electron chi connectivity index (χ4n) is 4.29. The van der Waals surface area contributed by atoms with E-state index < -0.39 is 0 Å². The number of para-hydroxylation sites is 1. The summed E-state index contributed by atoms with van der Waals surface area (Å²) in [5, 5.41) is 6.89. The van der Waals surface area contributed by atoms with Crippen molar-refractivity contribution < 1.29 is 14.3 Å². The number of carbonyl (C=O) groups is 2. The van der Waals surface area contributed by atoms with Gasteiger partial charge in [0.2, 0.25) is 0 Å². The first-order chi connectivity index (χ1) is 17.0. The standard InChI is InChI=1S/C28H34N4O3/c1-3-32-20-23(24-7-4-5-8-26(24)32)19-25(30-27(33)22-11-9-21(2)10-12-22)28(34)29-13-6-14-31-15-17-35-18-16-31/h4-5,7-12,19-20H,3,6,13-18H2,1-2H3,(H,29,34)(H,30,33)/b25-19-. The maximum absolute atomic E-state index is 13.2. The molecule has 1 aliphatic heterocycles. The molecule has 0 unspecified atom stereocenters. The Bertz CT molecular complexity index is 1190. The van der Waals surface area contributed by atoms with Crippen molar-refractivity contribution in [3.8, 4) is 0 Å². The normalized spacial score (nSPS) is 14.7. The van der Waals surface area contributed by atoms with Gasteiger partial charge in [0, 0.05) is 54.4 Å². The number of hydrogen-bond donors (Lipinski definition) is 2. The second-order valence-electron chi connectivity index (χ2n) is 8.83. The SMILES string of the molecule is CCn1cc(/C=C(\NC(=O)c2ccc(C)cc2)C(=O)NCCCN2CCOCC2)c2ccccc21. The molecule has 0 bridgehead atoms. The van der Waals surface area contributed by atoms with Gasteiger partial charge in [0.15, 0.2) is 0 Å². The molecule has 1 aliphatic rings. The van der Waals surface area contributed by atoms with Gasteiger partial charge in [-0.3, -0.25) is 14.5 Å². The van der Waals surface area contributed by atoms with Gasteiger partial charge in [0.1, 0.15) is 5.70 Å². The number of hydrogen-bond acceptors (Lipinski definition) is 4. The predicted octanol–water partition coefficient (Wildman–Crippen LogP) is 3.58. The number of morpholine rings is 1. The summed E-state index contributed by atoms with van der Waals surface area (Å²) in [5.74, 6) is -0.597. The maximum atomic E-state index is 13.2. The minimum atomic E-state index is -0.307. The van der Waals surface area contributed by atoms with E-state index in [1.54, 1.807) is 18.2 Å². The number of carbonyl (C=O) groups excluding carboxylic acids is 2. The Morgan fingerprint density at radius 1 is 1.06 bits per heavy atom. The van der Waals surface area contributed by atoms with Crippen LogP contribution in [0, 0.1) is 6.92 Å². The molecule has 2 amide bonds. The maximum Gasteiger partial charge on any atom is 0.267 e. The molecule has 0 atom stereocenters. The molecule has 35 heavy (non-hydrogen) atoms. The highest BCUT2D eigenvalue weighted by Gasteiger charge is 2.17. The van der Waals surface area contributed by atoms with Crippen molar-refractivity contribution in [3.63, 3.8) is 0 Å². The summed E-state index contributed by atoms with van der Waals surface area (Å²) in [4.78, 5) is 28.5. The predicted molar refractivity (Wildman–Crippen MR) is 139 cm³/mol. The van der Waals surface area contributed by atoms with Crippen LogP contribution in [-0.2, 0) is 16.1 Å². The molecule has 4 rings (SSSR count). The molecule has 0 spiro atoms. The third-order valence-electron chi connectivity index (χ3n) is 6.31. The number of amides is 2. The first-order valence-electron chi connectivity index (χ1n) is 12.3. The number of aromatic nitrogens is 1. The lowest BCUT2D eigenvalue weighted by molar-refractivity contribution is -0.117. The van der Waals surface area contributed by atoms with E-state index in [1.807, 2.05) is 43.5 Å². The van der Waals surface area contributed by atoms with Crippen molar-refractivity contribution in [2.45, 2.75) is 26.8 Å². The Morgan fingerprint density at radius 3 is 2.54 bits per heavy atom. The average molecular weight is 475 g/mol. The second-order valence-corrected chi connectivity index (χ2v) is 8.83. The van der Waals surface area contributed by atoms with Crippen LogP contribution in [0.2, 0.25) is 0 Å². The molecular formula is C28H34N4O3. The van der Waals surface area contributed by atoms with Crippen molar-refractivity contribution >= 4 is 28.8 Å². The lowest BCUT2D eigenvalue weighted by Gasteiger charge is -2.26. The zero-order valence-electron chi connectivity index (χ0n) is 20.5. The fraction of sp³-hybridized carbons (Fsp3) is 0.357. The number of nitrogens with zero attached hydrogens (tertiary/aromatic N) is 2. The van der Waals surface area contributed by atoms with E-state index in [2.05, 4.69) is 33.1 Å². The van der Waals surface area contributed by atoms with Gasteiger partial charge in [-0.25, -0.2) is 0 Å². The summed E-state index contributed by atoms with van der Waals surface area (Å²) in [6.45, 7) is 9.67. The van der Waals surface area contributed by atoms with Crippen LogP contribution < -0.4 is 10.6 Å². The van der Waals surface area contributed by atoms with E-state index in [-0.39, 0.29) is 17.5 Å². The number of fused-ring (bicyclic) bond motifs is 1. The molecule has 0 aliphatic carbocycles. The van der Waals surface area contributed by atoms with Crippen LogP contribution in [0.5, 0.6) is 0 Å². The highest BCUT2D eigenvalue weighted by atomic mass is 16.5. The summed E-state index contributed by atoms with van der Waals surface area (Å²) >= 11 is 0. The molecule has 2 aromatic carbocycles. The lowest BCUT2D eigenvalue weighted by Crippen LogP contribution is -2.39. The minimum Gasteiger partial charge on any atom is -0.379 e. The average Bonchev–Trinajstić information content (AvgIpc) is 3.24. The molecular weight excluding hydrogens is 440 g/mol. The molecule has 2 heterocycles. The van der Waals surface area contributed by atoms with E-state index in [4.69, 9.17) is 4.74 Å². The van der Waals surface area contributed by atoms with Crippen LogP contribution in [0.15, 0.2) is 60.4 Å². The van der Waals surface area contributed by atoms with Gasteiger partial charge in [0.25, 0.3) is 11.8 Å². The first kappa shape index (κ1) is 24.7. The van der Waals surface area contributed by atoms with E-state index in [0.29, 0.717) is 12.1 Å². The van der Waals surface area contributed by atoms with Gasteiger partial charge >= 0.3 is 0 Å². The Labute approximate surface area is 206 Å². The van der Waals surface area contributed by atoms with Crippen LogP contribution in [0.4, 0.5) is 0 Å². The van der Waals surface area contributed by atoms with Crippen molar-refractivity contribution in [1.29, 1.82) is 0 Å². The van der Waals surface area contributed by atoms with Crippen LogP contribution >= 0.6 is 0 Å². The fourth-order valence-corrected chi connectivity index (χ4v) is 4.29. The van der Waals surface area contributed by atoms with E-state index >= 15 is 0 Å². The van der Waals surface area contributed by atoms with Gasteiger partial charge < -0.3 is 19.9 Å². The van der Waals surface area contributed by atoms with Crippen molar-refractivity contribution in [3.05, 3.63) is 77.1 Å². The summed E-state index contributed by atoms with van der Waals surface area (Å²) in [7, 11) is 0. The molecule has 7 nitrogen and oxygen atoms in total. The van der Waals surface area contributed by atoms with Gasteiger partial charge in [0.05, 0.1) is 13.2 Å². The molecule has 0 radical (unpaired) electrons. The molecule has 3 aromatic rings. The molecule has 1 fully saturated rings. The van der Waals surface area contributed by atoms with Gasteiger partial charge in [-0.1, -0.05) is 35.9 Å². The van der Waals surface area contributed by atoms with E-state index in [0.717, 1.165) is 67.8 Å². The number of rotatable bonds is 9. The number of nitrogens with one attached hydrogen (secondary N) is 2. The Kier molecular flexibility index (Phi) is 8.34. The second kappa shape index (κ2) is 11.8. The third kappa shape index (κ3) is 6.38. The monoisotopic (exact) mass is 474 g/mol. The van der Waals surface area contributed by atoms with Gasteiger partial charge in [-0.2, -0.15) is 0 Å². The van der Waals surface area contributed by atoms with E-state index in [1.165, 1.54) is 0 Å². The molecule has 2 N–H and O–H groups in total. The zero-order chi connectivity index (χ0) is 24.6. The Hall–Kier alpha value is -3.42. The number of benzene rings is 2. The highest BCUT2D eigenvalue weighted by molar-refractivity contribution is 6.06. The minimum absolute atomic E-state index is 0.237. The Balaban J connectivity index is 1.52. The van der Waals surface area contributed by atoms with Crippen molar-refractivity contribution in [2.24, 2.45) is 0 Å². The van der Waals surface area contributed by atoms with Crippen LogP contribution in [0.3, 0.4) is 0 Å². The van der Waals surface area contributed by atoms with Gasteiger partial charge in [-0.15, -0.1) is 0 Å². The molecule has 184 valence electrons. The Morgan fingerprint density at radius 2 is 1.80 bits per heavy atom. The van der Waals surface area contributed by atoms with Gasteiger partial charge in [-0.05, 0) is 51.1 Å². The summed E-state index contributed by atoms with van der Waals surface area (Å²) in [6, 6.07) is 15.4. The number of aryl methyl sites for hydroxylation is 2. The van der Waals surface area contributed by atoms with E-state index in [9.17, 15) is 9.59 Å². The third-order valence-corrected chi connectivity index (χ3v) is 6.31. The lowest BCUT2D eigenvalue weighted by atomic mass is 10.1. The molecule has 1 aromatic heterocycles. The summed E-state index contributed by atoms with van der Waals surface area (Å²) in [6.07, 6.45) is 4.63. The van der Waals surface area contributed by atoms with Crippen molar-refractivity contribution in [2.75, 3.05) is 39.4 Å². The molecule has 1 saturated heterocycles. The molecule has 0 saturated carbocycles. The largest absolute Gasteiger partial charge is 0.379 e. The topological polar surface area (TPSA) is 75.6 Å². The summed E-state index contributed by atoms with van der Waals surface area (Å²) < 4.78 is 7.53. The highest BCUT2D eigenvalue weighted by Crippen LogP contribution is 2.23. The van der Waals surface area contributed by atoms with Crippen LogP contribution in [0.1, 0.15) is 34.8 Å². The first-order valence-corrected chi connectivity index (χ1v) is 12.3. The molecule has 7 heteroatoms. The number of ether oxygens (including phenoxy) is 1. The quantitative estimate of drug-likeness (QED) is 0.367. The van der Waals surface area contributed by atoms with Crippen molar-refractivity contribution in [1.82, 2.24) is 20.1 Å². The zero-order valence-corrected chi connectivity index (χ0v) is 20.5. The smallest absolute Gasteiger partial charge is 0.267 e. The van der Waals surface area contributed by atoms with Crippen LogP contribution in [0.25, 0.3) is 17.0 Å².